The smallest absolute Gasteiger partial charge is 0.166 e. The number of hydrogen-bond donors (Lipinski definition) is 0. The second kappa shape index (κ2) is 3.80. The summed E-state index contributed by atoms with van der Waals surface area (Å²) < 4.78 is 1.89. The molecule has 0 aromatic carbocycles. The number of fused-ring (bicyclic) bond motifs is 1. The highest BCUT2D eigenvalue weighted by molar-refractivity contribution is 5.99. The minimum atomic E-state index is 0.292. The van der Waals surface area contributed by atoms with Crippen LogP contribution in [0.4, 0.5) is 0 Å². The molecule has 0 atom stereocenters. The lowest BCUT2D eigenvalue weighted by atomic mass is 9.92. The Morgan fingerprint density at radius 1 is 1.40 bits per heavy atom. The fourth-order valence-electron chi connectivity index (χ4n) is 2.30. The molecule has 0 amide bonds. The average Bonchev–Trinajstić information content (AvgIpc) is 2.44. The molecule has 0 fully saturated rings. The van der Waals surface area contributed by atoms with Crippen molar-refractivity contribution in [3.8, 4) is 0 Å². The first-order valence-electron chi connectivity index (χ1n) is 5.67. The highest BCUT2D eigenvalue weighted by Gasteiger charge is 2.25. The monoisotopic (exact) mass is 206 g/mol. The average molecular weight is 206 g/mol. The lowest BCUT2D eigenvalue weighted by molar-refractivity contribution is 0.0971. The van der Waals surface area contributed by atoms with E-state index in [-0.39, 0.29) is 0 Å². The van der Waals surface area contributed by atoms with Crippen molar-refractivity contribution >= 4 is 5.78 Å². The summed E-state index contributed by atoms with van der Waals surface area (Å²) in [5.41, 5.74) is 3.08. The minimum absolute atomic E-state index is 0.292. The van der Waals surface area contributed by atoms with Gasteiger partial charge in [0.05, 0.1) is 11.3 Å². The van der Waals surface area contributed by atoms with Gasteiger partial charge < -0.3 is 0 Å². The first-order valence-corrected chi connectivity index (χ1v) is 5.67. The molecule has 0 saturated carbocycles. The van der Waals surface area contributed by atoms with E-state index in [2.05, 4.69) is 18.9 Å². The number of carbonyl (C=O) groups is 1. The predicted octanol–water partition coefficient (Wildman–Crippen LogP) is 2.14. The van der Waals surface area contributed by atoms with Crippen molar-refractivity contribution in [2.45, 2.75) is 39.5 Å². The van der Waals surface area contributed by atoms with Crippen LogP contribution in [0.25, 0.3) is 0 Å². The van der Waals surface area contributed by atoms with Crippen LogP contribution in [-0.4, -0.2) is 15.6 Å². The van der Waals surface area contributed by atoms with Crippen LogP contribution in [0.3, 0.4) is 0 Å². The Bertz CT molecular complexity index is 391. The second-order valence-corrected chi connectivity index (χ2v) is 4.77. The van der Waals surface area contributed by atoms with E-state index in [1.807, 2.05) is 11.7 Å². The molecule has 0 bridgehead atoms. The van der Waals surface area contributed by atoms with E-state index in [0.717, 1.165) is 36.2 Å². The fraction of sp³-hybridized carbons (Fsp3) is 0.667. The van der Waals surface area contributed by atoms with Gasteiger partial charge in [-0.3, -0.25) is 9.48 Å². The number of rotatable bonds is 2. The van der Waals surface area contributed by atoms with E-state index >= 15 is 0 Å². The van der Waals surface area contributed by atoms with Gasteiger partial charge in [0.25, 0.3) is 0 Å². The molecule has 1 aromatic rings. The van der Waals surface area contributed by atoms with Gasteiger partial charge in [0.15, 0.2) is 5.78 Å². The maximum Gasteiger partial charge on any atom is 0.166 e. The first kappa shape index (κ1) is 10.4. The summed E-state index contributed by atoms with van der Waals surface area (Å²) in [5.74, 6) is 0.846. The lowest BCUT2D eigenvalue weighted by Gasteiger charge is -2.12. The van der Waals surface area contributed by atoms with Crippen molar-refractivity contribution in [1.82, 2.24) is 9.78 Å². The third kappa shape index (κ3) is 1.83. The van der Waals surface area contributed by atoms with Crippen LogP contribution in [0.2, 0.25) is 0 Å². The first-order chi connectivity index (χ1) is 7.09. The zero-order valence-electron chi connectivity index (χ0n) is 9.71. The van der Waals surface area contributed by atoms with Crippen LogP contribution in [-0.2, 0) is 19.9 Å². The van der Waals surface area contributed by atoms with Crippen LogP contribution in [0, 0.1) is 5.92 Å². The SMILES string of the molecule is CC(C)Cc1nn(C)c2c1C(=O)CCC2. The summed E-state index contributed by atoms with van der Waals surface area (Å²) in [4.78, 5) is 11.8. The van der Waals surface area contributed by atoms with Gasteiger partial charge in [-0.15, -0.1) is 0 Å². The molecule has 0 aliphatic heterocycles. The van der Waals surface area contributed by atoms with Gasteiger partial charge in [-0.1, -0.05) is 13.8 Å². The zero-order valence-corrected chi connectivity index (χ0v) is 9.71. The summed E-state index contributed by atoms with van der Waals surface area (Å²) in [6.07, 6.45) is 3.59. The quantitative estimate of drug-likeness (QED) is 0.743. The third-order valence-electron chi connectivity index (χ3n) is 2.94. The Labute approximate surface area is 90.5 Å². The van der Waals surface area contributed by atoms with E-state index in [1.165, 1.54) is 0 Å². The minimum Gasteiger partial charge on any atom is -0.294 e. The van der Waals surface area contributed by atoms with Gasteiger partial charge in [-0.25, -0.2) is 0 Å². The van der Waals surface area contributed by atoms with Crippen molar-refractivity contribution in [1.29, 1.82) is 0 Å². The van der Waals surface area contributed by atoms with Crippen LogP contribution in [0.1, 0.15) is 48.4 Å². The molecular formula is C12H18N2O. The lowest BCUT2D eigenvalue weighted by Crippen LogP contribution is -2.13. The maximum absolute atomic E-state index is 11.8. The van der Waals surface area contributed by atoms with Crippen molar-refractivity contribution in [2.24, 2.45) is 13.0 Å². The van der Waals surface area contributed by atoms with E-state index < -0.39 is 0 Å². The summed E-state index contributed by atoms with van der Waals surface area (Å²) in [5, 5.41) is 4.48. The molecule has 0 N–H and O–H groups in total. The third-order valence-corrected chi connectivity index (χ3v) is 2.94. The normalized spacial score (nSPS) is 15.9. The summed E-state index contributed by atoms with van der Waals surface area (Å²) in [6, 6.07) is 0. The van der Waals surface area contributed by atoms with Crippen molar-refractivity contribution in [2.75, 3.05) is 0 Å². The van der Waals surface area contributed by atoms with E-state index in [1.54, 1.807) is 0 Å². The van der Waals surface area contributed by atoms with Crippen LogP contribution < -0.4 is 0 Å². The van der Waals surface area contributed by atoms with Gasteiger partial charge in [0.2, 0.25) is 0 Å². The Morgan fingerprint density at radius 2 is 2.13 bits per heavy atom. The van der Waals surface area contributed by atoms with Crippen molar-refractivity contribution < 1.29 is 4.79 Å². The largest absolute Gasteiger partial charge is 0.294 e. The van der Waals surface area contributed by atoms with Gasteiger partial charge in [-0.05, 0) is 25.2 Å². The highest BCUT2D eigenvalue weighted by Crippen LogP contribution is 2.25. The van der Waals surface area contributed by atoms with Crippen molar-refractivity contribution in [3.05, 3.63) is 17.0 Å². The van der Waals surface area contributed by atoms with Gasteiger partial charge in [0, 0.05) is 19.2 Å². The molecule has 15 heavy (non-hydrogen) atoms. The molecule has 3 nitrogen and oxygen atoms in total. The molecule has 0 saturated heterocycles. The molecule has 82 valence electrons. The number of nitrogens with zero attached hydrogens (tertiary/aromatic N) is 2. The second-order valence-electron chi connectivity index (χ2n) is 4.77. The Balaban J connectivity index is 2.43. The molecule has 1 aliphatic carbocycles. The van der Waals surface area contributed by atoms with E-state index in [0.29, 0.717) is 18.1 Å². The van der Waals surface area contributed by atoms with E-state index in [9.17, 15) is 4.79 Å². The van der Waals surface area contributed by atoms with Crippen LogP contribution in [0.15, 0.2) is 0 Å². The number of carbonyl (C=O) groups excluding carboxylic acids is 1. The molecule has 2 rings (SSSR count). The number of hydrogen-bond acceptors (Lipinski definition) is 2. The summed E-state index contributed by atoms with van der Waals surface area (Å²) in [7, 11) is 1.95. The van der Waals surface area contributed by atoms with Crippen LogP contribution in [0.5, 0.6) is 0 Å². The molecule has 0 unspecified atom stereocenters. The number of aryl methyl sites for hydroxylation is 1. The van der Waals surface area contributed by atoms with Crippen molar-refractivity contribution in [3.63, 3.8) is 0 Å². The van der Waals surface area contributed by atoms with Gasteiger partial charge >= 0.3 is 0 Å². The number of aromatic nitrogens is 2. The maximum atomic E-state index is 11.8. The van der Waals surface area contributed by atoms with Gasteiger partial charge in [-0.2, -0.15) is 5.10 Å². The molecule has 0 spiro atoms. The Hall–Kier alpha value is -1.12. The predicted molar refractivity (Wildman–Crippen MR) is 59.0 cm³/mol. The summed E-state index contributed by atoms with van der Waals surface area (Å²) >= 11 is 0. The topological polar surface area (TPSA) is 34.9 Å². The molecule has 1 heterocycles. The molecule has 1 aromatic heterocycles. The molecule has 0 radical (unpaired) electrons. The molecular weight excluding hydrogens is 188 g/mol. The zero-order chi connectivity index (χ0) is 11.0. The Kier molecular flexibility index (Phi) is 2.63. The highest BCUT2D eigenvalue weighted by atomic mass is 16.1. The summed E-state index contributed by atoms with van der Waals surface area (Å²) in [6.45, 7) is 4.32. The fourth-order valence-corrected chi connectivity index (χ4v) is 2.30. The molecule has 1 aliphatic rings. The number of ketones is 1. The van der Waals surface area contributed by atoms with E-state index in [4.69, 9.17) is 0 Å². The van der Waals surface area contributed by atoms with Gasteiger partial charge in [0.1, 0.15) is 0 Å². The Morgan fingerprint density at radius 3 is 2.80 bits per heavy atom. The standard InChI is InChI=1S/C12H18N2O/c1-8(2)7-9-12-10(14(3)13-9)5-4-6-11(12)15/h8H,4-7H2,1-3H3. The van der Waals surface area contributed by atoms with Crippen LogP contribution >= 0.6 is 0 Å². The molecule has 3 heteroatoms. The number of Topliss-reactive ketones (excluding diaryl/α,β-unsaturated/α-hetero) is 1.